The quantitative estimate of drug-likeness (QED) is 0.235. The first-order chi connectivity index (χ1) is 25.0. The molecule has 0 radical (unpaired) electrons. The van der Waals surface area contributed by atoms with E-state index < -0.39 is 23.2 Å². The molecule has 3 unspecified atom stereocenters. The Balaban J connectivity index is 0.774. The zero-order chi connectivity index (χ0) is 35.9. The molecule has 5 aliphatic rings. The number of rotatable bonds is 6. The highest BCUT2D eigenvalue weighted by Gasteiger charge is 2.78. The average molecular weight is 714 g/mol. The van der Waals surface area contributed by atoms with Gasteiger partial charge in [-0.1, -0.05) is 19.1 Å². The van der Waals surface area contributed by atoms with E-state index in [9.17, 15) is 23.2 Å². The topological polar surface area (TPSA) is 117 Å². The summed E-state index contributed by atoms with van der Waals surface area (Å²) >= 11 is 0. The molecular weight excluding hydrogens is 671 g/mol. The number of hydrogen-bond donors (Lipinski definition) is 3. The first-order valence-electron chi connectivity index (χ1n) is 18.5. The van der Waals surface area contributed by atoms with Crippen LogP contribution >= 0.6 is 0 Å². The lowest BCUT2D eigenvalue weighted by atomic mass is 9.87. The molecule has 3 atom stereocenters. The van der Waals surface area contributed by atoms with Crippen LogP contribution in [0.4, 0.5) is 18.9 Å². The third-order valence-electron chi connectivity index (χ3n) is 12.7. The van der Waals surface area contributed by atoms with E-state index in [4.69, 9.17) is 0 Å². The normalized spacial score (nSPS) is 26.3. The molecule has 3 N–H and O–H groups in total. The lowest BCUT2D eigenvalue weighted by Gasteiger charge is -2.39. The molecule has 3 amide bonds. The number of nitrogens with one attached hydrogen (secondary N) is 3. The molecule has 2 aliphatic carbocycles. The van der Waals surface area contributed by atoms with Crippen molar-refractivity contribution in [2.75, 3.05) is 50.7 Å². The molecule has 0 spiro atoms. The van der Waals surface area contributed by atoms with E-state index >= 15 is 4.39 Å². The third-order valence-corrected chi connectivity index (χ3v) is 12.7. The lowest BCUT2D eigenvalue weighted by Crippen LogP contribution is -2.50. The highest BCUT2D eigenvalue weighted by Crippen LogP contribution is 2.70. The number of hydrogen-bond acceptors (Lipinski definition) is 6. The number of halogens is 3. The van der Waals surface area contributed by atoms with E-state index in [0.717, 1.165) is 73.4 Å². The van der Waals surface area contributed by atoms with Crippen LogP contribution in [0.2, 0.25) is 0 Å². The first-order valence-corrected chi connectivity index (χ1v) is 18.5. The van der Waals surface area contributed by atoms with Crippen molar-refractivity contribution in [2.45, 2.75) is 57.3 Å². The molecule has 1 saturated carbocycles. The first kappa shape index (κ1) is 33.2. The molecular formula is C39H42F3N7O3. The smallest absolute Gasteiger partial charge is 0.258 e. The van der Waals surface area contributed by atoms with Crippen molar-refractivity contribution >= 4 is 34.3 Å². The van der Waals surface area contributed by atoms with Gasteiger partial charge in [-0.3, -0.25) is 29.7 Å². The van der Waals surface area contributed by atoms with Gasteiger partial charge in [0.25, 0.3) is 11.8 Å². The standard InChI is InChI=1S/C39H42F3N7O3/c1-38-20-31-27(19-33(38)39(38,41)42)35(46-45-31)30-17-24-2-3-25(18-29(24)43-30)37(52)49-14-12-47(13-15-49)21-22-8-10-48(11-9-22)32-6-4-23(16-28(32)40)26-5-7-34(50)44-36(26)51/h2-4,6,16-18,22,26,33,43H,5,7-15,19-21H2,1H3,(H,45,46)(H,44,50,51). The fraction of sp³-hybridized carbons (Fsp3) is 0.487. The molecule has 2 aromatic carbocycles. The molecule has 0 bridgehead atoms. The Bertz CT molecular complexity index is 2090. The number of anilines is 1. The number of piperazine rings is 1. The van der Waals surface area contributed by atoms with Crippen LogP contribution in [-0.4, -0.2) is 94.4 Å². The van der Waals surface area contributed by atoms with Crippen molar-refractivity contribution in [3.05, 3.63) is 70.7 Å². The Labute approximate surface area is 299 Å². The van der Waals surface area contributed by atoms with Gasteiger partial charge in [-0.15, -0.1) is 0 Å². The number of aromatic nitrogens is 3. The predicted octanol–water partition coefficient (Wildman–Crippen LogP) is 5.26. The number of piperidine rings is 2. The summed E-state index contributed by atoms with van der Waals surface area (Å²) < 4.78 is 44.2. The summed E-state index contributed by atoms with van der Waals surface area (Å²) in [6.45, 7) is 6.97. The molecule has 5 heterocycles. The number of nitrogens with zero attached hydrogens (tertiary/aromatic N) is 4. The number of carbonyl (C=O) groups is 3. The highest BCUT2D eigenvalue weighted by molar-refractivity contribution is 6.01. The Hall–Kier alpha value is -4.65. The maximum atomic E-state index is 15.2. The van der Waals surface area contributed by atoms with Gasteiger partial charge < -0.3 is 14.8 Å². The largest absolute Gasteiger partial charge is 0.369 e. The lowest BCUT2D eigenvalue weighted by molar-refractivity contribution is -0.134. The molecule has 52 heavy (non-hydrogen) atoms. The van der Waals surface area contributed by atoms with Gasteiger partial charge in [-0.25, -0.2) is 13.2 Å². The van der Waals surface area contributed by atoms with Gasteiger partial charge in [0.15, 0.2) is 0 Å². The second-order valence-corrected chi connectivity index (χ2v) is 15.7. The molecule has 272 valence electrons. The van der Waals surface area contributed by atoms with Crippen LogP contribution in [0.1, 0.15) is 65.7 Å². The van der Waals surface area contributed by atoms with Crippen molar-refractivity contribution in [1.82, 2.24) is 30.3 Å². The van der Waals surface area contributed by atoms with Gasteiger partial charge in [-0.05, 0) is 67.5 Å². The van der Waals surface area contributed by atoms with Crippen molar-refractivity contribution < 1.29 is 27.6 Å². The monoisotopic (exact) mass is 713 g/mol. The Morgan fingerprint density at radius 3 is 2.52 bits per heavy atom. The van der Waals surface area contributed by atoms with Crippen molar-refractivity contribution in [2.24, 2.45) is 17.3 Å². The number of carbonyl (C=O) groups excluding carboxylic acids is 3. The van der Waals surface area contributed by atoms with E-state index in [1.54, 1.807) is 19.1 Å². The Morgan fingerprint density at radius 2 is 1.77 bits per heavy atom. The van der Waals surface area contributed by atoms with Crippen LogP contribution < -0.4 is 10.2 Å². The molecule has 2 aromatic heterocycles. The number of aromatic amines is 2. The number of H-pyrrole nitrogens is 2. The van der Waals surface area contributed by atoms with E-state index in [-0.39, 0.29) is 30.0 Å². The average Bonchev–Trinajstić information content (AvgIpc) is 3.51. The van der Waals surface area contributed by atoms with Crippen LogP contribution in [0.25, 0.3) is 22.3 Å². The predicted molar refractivity (Wildman–Crippen MR) is 189 cm³/mol. The minimum absolute atomic E-state index is 0.0101. The van der Waals surface area contributed by atoms with Gasteiger partial charge in [0, 0.05) is 97.7 Å². The van der Waals surface area contributed by atoms with Crippen molar-refractivity contribution in [3.8, 4) is 11.4 Å². The maximum absolute atomic E-state index is 15.2. The summed E-state index contributed by atoms with van der Waals surface area (Å²) in [6.07, 6.45) is 3.14. The number of amides is 3. The van der Waals surface area contributed by atoms with E-state index in [2.05, 4.69) is 30.3 Å². The summed E-state index contributed by atoms with van der Waals surface area (Å²) in [5.41, 5.74) is 4.67. The minimum atomic E-state index is -2.65. The van der Waals surface area contributed by atoms with Crippen molar-refractivity contribution in [3.63, 3.8) is 0 Å². The van der Waals surface area contributed by atoms with Gasteiger partial charge in [-0.2, -0.15) is 5.10 Å². The van der Waals surface area contributed by atoms with E-state index in [1.807, 2.05) is 29.2 Å². The number of benzene rings is 2. The van der Waals surface area contributed by atoms with Gasteiger partial charge in [0.2, 0.25) is 11.8 Å². The van der Waals surface area contributed by atoms with Gasteiger partial charge in [0.05, 0.1) is 17.3 Å². The summed E-state index contributed by atoms with van der Waals surface area (Å²) in [4.78, 5) is 47.1. The zero-order valence-corrected chi connectivity index (χ0v) is 29.1. The van der Waals surface area contributed by atoms with Crippen LogP contribution in [-0.2, 0) is 22.4 Å². The summed E-state index contributed by atoms with van der Waals surface area (Å²) in [5.74, 6) is -4.31. The van der Waals surface area contributed by atoms with Crippen LogP contribution in [0.5, 0.6) is 0 Å². The Morgan fingerprint density at radius 1 is 0.981 bits per heavy atom. The van der Waals surface area contributed by atoms with E-state index in [0.29, 0.717) is 60.8 Å². The second kappa shape index (κ2) is 12.2. The number of imide groups is 1. The second-order valence-electron chi connectivity index (χ2n) is 15.7. The Kier molecular flexibility index (Phi) is 7.80. The third kappa shape index (κ3) is 5.50. The van der Waals surface area contributed by atoms with E-state index in [1.165, 1.54) is 6.07 Å². The van der Waals surface area contributed by atoms with Gasteiger partial charge in [0.1, 0.15) is 11.5 Å². The summed E-state index contributed by atoms with van der Waals surface area (Å²) in [5, 5.41) is 10.8. The van der Waals surface area contributed by atoms with Crippen LogP contribution in [0, 0.1) is 23.1 Å². The van der Waals surface area contributed by atoms with Crippen LogP contribution in [0.3, 0.4) is 0 Å². The highest BCUT2D eigenvalue weighted by atomic mass is 19.3. The maximum Gasteiger partial charge on any atom is 0.258 e. The SMILES string of the molecule is CC12Cc3[nH]nc(-c4cc5ccc(C(=O)N6CCN(CC7CCN(c8ccc(C9CCC(=O)NC9=O)cc8F)CC7)CC6)cc5[nH]4)c3CC1C2(F)F. The van der Waals surface area contributed by atoms with Crippen molar-refractivity contribution in [1.29, 1.82) is 0 Å². The molecule has 3 saturated heterocycles. The van der Waals surface area contributed by atoms with Crippen LogP contribution in [0.15, 0.2) is 42.5 Å². The van der Waals surface area contributed by atoms with Gasteiger partial charge >= 0.3 is 0 Å². The molecule has 3 aliphatic heterocycles. The summed E-state index contributed by atoms with van der Waals surface area (Å²) in [6, 6.07) is 12.6. The minimum Gasteiger partial charge on any atom is -0.369 e. The molecule has 4 aromatic rings. The molecule has 9 rings (SSSR count). The molecule has 4 fully saturated rings. The fourth-order valence-electron chi connectivity index (χ4n) is 9.26. The number of fused-ring (bicyclic) bond motifs is 3. The zero-order valence-electron chi connectivity index (χ0n) is 29.1. The fourth-order valence-corrected chi connectivity index (χ4v) is 9.26. The molecule has 13 heteroatoms. The molecule has 10 nitrogen and oxygen atoms in total. The summed E-state index contributed by atoms with van der Waals surface area (Å²) in [7, 11) is 0. The number of alkyl halides is 2.